The lowest BCUT2D eigenvalue weighted by molar-refractivity contribution is -0.116. The third kappa shape index (κ3) is 1.55. The summed E-state index contributed by atoms with van der Waals surface area (Å²) in [7, 11) is 0. The van der Waals surface area contributed by atoms with Crippen LogP contribution >= 0.6 is 0 Å². The van der Waals surface area contributed by atoms with E-state index in [0.717, 1.165) is 17.7 Å². The molecule has 0 radical (unpaired) electrons. The molecule has 0 atom stereocenters. The Labute approximate surface area is 87.2 Å². The summed E-state index contributed by atoms with van der Waals surface area (Å²) in [6, 6.07) is 5.41. The topological polar surface area (TPSA) is 49.7 Å². The molecule has 0 saturated carbocycles. The van der Waals surface area contributed by atoms with Crippen molar-refractivity contribution >= 4 is 23.4 Å². The van der Waals surface area contributed by atoms with Gasteiger partial charge in [-0.3, -0.25) is 4.79 Å². The molecule has 1 aliphatic heterocycles. The lowest BCUT2D eigenvalue weighted by Gasteiger charge is -2.14. The van der Waals surface area contributed by atoms with E-state index in [1.807, 2.05) is 6.07 Å². The van der Waals surface area contributed by atoms with E-state index in [1.54, 1.807) is 17.0 Å². The molecule has 0 N–H and O–H groups in total. The first-order chi connectivity index (χ1) is 7.24. The average Bonchev–Trinajstić information content (AvgIpc) is 2.62. The van der Waals surface area contributed by atoms with Gasteiger partial charge in [-0.05, 0) is 18.6 Å². The molecule has 4 heteroatoms. The standard InChI is InChI=1S/C11H10N2O2/c1-8(15)13-6-5-9-10(12-7-14)3-2-4-11(9)13/h2-4H,5-6H2,1H3. The molecule has 1 amide bonds. The minimum Gasteiger partial charge on any atom is -0.312 e. The van der Waals surface area contributed by atoms with Crippen LogP contribution in [0.1, 0.15) is 12.5 Å². The van der Waals surface area contributed by atoms with Gasteiger partial charge in [-0.1, -0.05) is 6.07 Å². The minimum absolute atomic E-state index is 0.0148. The number of carbonyl (C=O) groups excluding carboxylic acids is 2. The van der Waals surface area contributed by atoms with Crippen molar-refractivity contribution in [1.29, 1.82) is 0 Å². The largest absolute Gasteiger partial charge is 0.312 e. The molecule has 0 aromatic heterocycles. The first kappa shape index (κ1) is 9.62. The Morgan fingerprint density at radius 1 is 1.53 bits per heavy atom. The van der Waals surface area contributed by atoms with Crippen molar-refractivity contribution in [2.75, 3.05) is 11.4 Å². The van der Waals surface area contributed by atoms with E-state index in [2.05, 4.69) is 4.99 Å². The fraction of sp³-hybridized carbons (Fsp3) is 0.273. The molecular weight excluding hydrogens is 192 g/mol. The molecule has 0 aliphatic carbocycles. The van der Waals surface area contributed by atoms with Crippen molar-refractivity contribution in [1.82, 2.24) is 0 Å². The number of amides is 1. The van der Waals surface area contributed by atoms with Crippen LogP contribution in [-0.2, 0) is 16.0 Å². The van der Waals surface area contributed by atoms with Crippen molar-refractivity contribution in [3.63, 3.8) is 0 Å². The molecule has 1 aliphatic rings. The molecule has 0 bridgehead atoms. The Morgan fingerprint density at radius 3 is 3.00 bits per heavy atom. The zero-order chi connectivity index (χ0) is 10.8. The number of carbonyl (C=O) groups is 1. The highest BCUT2D eigenvalue weighted by molar-refractivity contribution is 5.94. The van der Waals surface area contributed by atoms with Gasteiger partial charge in [0.15, 0.2) is 0 Å². The van der Waals surface area contributed by atoms with Crippen LogP contribution in [0.15, 0.2) is 23.2 Å². The molecule has 0 unspecified atom stereocenters. The highest BCUT2D eigenvalue weighted by atomic mass is 16.2. The number of isocyanates is 1. The summed E-state index contributed by atoms with van der Waals surface area (Å²) < 4.78 is 0. The highest BCUT2D eigenvalue weighted by Gasteiger charge is 2.23. The van der Waals surface area contributed by atoms with Gasteiger partial charge in [0, 0.05) is 24.7 Å². The normalized spacial score (nSPS) is 13.3. The van der Waals surface area contributed by atoms with E-state index in [1.165, 1.54) is 13.0 Å². The van der Waals surface area contributed by atoms with Crippen molar-refractivity contribution in [3.8, 4) is 0 Å². The van der Waals surface area contributed by atoms with Crippen LogP contribution in [0.5, 0.6) is 0 Å². The smallest absolute Gasteiger partial charge is 0.240 e. The molecule has 2 rings (SSSR count). The average molecular weight is 202 g/mol. The molecule has 76 valence electrons. The van der Waals surface area contributed by atoms with Crippen molar-refractivity contribution in [3.05, 3.63) is 23.8 Å². The van der Waals surface area contributed by atoms with E-state index in [9.17, 15) is 9.59 Å². The van der Waals surface area contributed by atoms with Gasteiger partial charge in [-0.25, -0.2) is 4.79 Å². The third-order valence-electron chi connectivity index (χ3n) is 2.55. The zero-order valence-electron chi connectivity index (χ0n) is 8.36. The Kier molecular flexibility index (Phi) is 2.35. The maximum Gasteiger partial charge on any atom is 0.240 e. The van der Waals surface area contributed by atoms with Gasteiger partial charge in [0.25, 0.3) is 0 Å². The van der Waals surface area contributed by atoms with Crippen molar-refractivity contribution in [2.24, 2.45) is 4.99 Å². The maximum absolute atomic E-state index is 11.3. The molecule has 4 nitrogen and oxygen atoms in total. The molecule has 15 heavy (non-hydrogen) atoms. The lowest BCUT2D eigenvalue weighted by Crippen LogP contribution is -2.25. The summed E-state index contributed by atoms with van der Waals surface area (Å²) in [5.41, 5.74) is 2.43. The van der Waals surface area contributed by atoms with Crippen LogP contribution in [0, 0.1) is 0 Å². The Bertz CT molecular complexity index is 462. The summed E-state index contributed by atoms with van der Waals surface area (Å²) in [4.78, 5) is 26.8. The molecule has 1 aromatic rings. The number of rotatable bonds is 1. The first-order valence-corrected chi connectivity index (χ1v) is 4.72. The van der Waals surface area contributed by atoms with E-state index in [-0.39, 0.29) is 5.91 Å². The molecule has 0 saturated heterocycles. The molecular formula is C11H10N2O2. The zero-order valence-corrected chi connectivity index (χ0v) is 8.36. The highest BCUT2D eigenvalue weighted by Crippen LogP contribution is 2.34. The summed E-state index contributed by atoms with van der Waals surface area (Å²) in [5.74, 6) is 0.0148. The summed E-state index contributed by atoms with van der Waals surface area (Å²) in [6.45, 7) is 2.20. The SMILES string of the molecule is CC(=O)N1CCc2c(N=C=O)cccc21. The fourth-order valence-corrected chi connectivity index (χ4v) is 1.90. The number of benzene rings is 1. The minimum atomic E-state index is 0.0148. The van der Waals surface area contributed by atoms with Gasteiger partial charge < -0.3 is 4.90 Å². The van der Waals surface area contributed by atoms with Crippen molar-refractivity contribution in [2.45, 2.75) is 13.3 Å². The Hall–Kier alpha value is -1.93. The quantitative estimate of drug-likeness (QED) is 0.512. The number of nitrogens with zero attached hydrogens (tertiary/aromatic N) is 2. The maximum atomic E-state index is 11.3. The molecule has 0 spiro atoms. The number of aliphatic imine (C=N–C) groups is 1. The van der Waals surface area contributed by atoms with Crippen molar-refractivity contribution < 1.29 is 9.59 Å². The van der Waals surface area contributed by atoms with Crippen LogP contribution in [-0.4, -0.2) is 18.5 Å². The van der Waals surface area contributed by atoms with Gasteiger partial charge in [0.1, 0.15) is 0 Å². The number of hydrogen-bond donors (Lipinski definition) is 0. The van der Waals surface area contributed by atoms with E-state index >= 15 is 0 Å². The van der Waals surface area contributed by atoms with Crippen LogP contribution in [0.2, 0.25) is 0 Å². The third-order valence-corrected chi connectivity index (χ3v) is 2.55. The van der Waals surface area contributed by atoms with E-state index in [4.69, 9.17) is 0 Å². The van der Waals surface area contributed by atoms with Crippen LogP contribution in [0.4, 0.5) is 11.4 Å². The predicted octanol–water partition coefficient (Wildman–Crippen LogP) is 1.56. The summed E-state index contributed by atoms with van der Waals surface area (Å²) in [5, 5.41) is 0. The van der Waals surface area contributed by atoms with Crippen LogP contribution < -0.4 is 4.90 Å². The van der Waals surface area contributed by atoms with Gasteiger partial charge >= 0.3 is 0 Å². The first-order valence-electron chi connectivity index (χ1n) is 4.72. The summed E-state index contributed by atoms with van der Waals surface area (Å²) in [6.07, 6.45) is 2.28. The molecule has 1 heterocycles. The second-order valence-electron chi connectivity index (χ2n) is 3.40. The van der Waals surface area contributed by atoms with Gasteiger partial charge in [-0.15, -0.1) is 0 Å². The predicted molar refractivity (Wildman–Crippen MR) is 56.0 cm³/mol. The van der Waals surface area contributed by atoms with E-state index in [0.29, 0.717) is 12.2 Å². The number of fused-ring (bicyclic) bond motifs is 1. The second-order valence-corrected chi connectivity index (χ2v) is 3.40. The second kappa shape index (κ2) is 3.67. The van der Waals surface area contributed by atoms with Crippen LogP contribution in [0.25, 0.3) is 0 Å². The van der Waals surface area contributed by atoms with E-state index < -0.39 is 0 Å². The summed E-state index contributed by atoms with van der Waals surface area (Å²) >= 11 is 0. The Morgan fingerprint density at radius 2 is 2.33 bits per heavy atom. The Balaban J connectivity index is 2.52. The van der Waals surface area contributed by atoms with Crippen LogP contribution in [0.3, 0.4) is 0 Å². The number of anilines is 1. The monoisotopic (exact) mass is 202 g/mol. The lowest BCUT2D eigenvalue weighted by atomic mass is 10.1. The molecule has 1 aromatic carbocycles. The molecule has 0 fully saturated rings. The number of hydrogen-bond acceptors (Lipinski definition) is 3. The van der Waals surface area contributed by atoms with Gasteiger partial charge in [0.2, 0.25) is 12.0 Å². The van der Waals surface area contributed by atoms with Gasteiger partial charge in [0.05, 0.1) is 5.69 Å². The van der Waals surface area contributed by atoms with Gasteiger partial charge in [-0.2, -0.15) is 4.99 Å². The fourth-order valence-electron chi connectivity index (χ4n) is 1.90.